The van der Waals surface area contributed by atoms with E-state index in [1.807, 2.05) is 11.0 Å². The highest BCUT2D eigenvalue weighted by Crippen LogP contribution is 2.51. The van der Waals surface area contributed by atoms with Gasteiger partial charge in [0.25, 0.3) is 5.91 Å². The Morgan fingerprint density at radius 1 is 1.09 bits per heavy atom. The number of piperidine rings is 1. The van der Waals surface area contributed by atoms with Gasteiger partial charge in [-0.3, -0.25) is 14.4 Å². The second kappa shape index (κ2) is 12.2. The first-order chi connectivity index (χ1) is 20.3. The topological polar surface area (TPSA) is 106 Å². The monoisotopic (exact) mass is 632 g/mol. The first kappa shape index (κ1) is 31.4. The van der Waals surface area contributed by atoms with Crippen molar-refractivity contribution in [1.82, 2.24) is 4.90 Å². The van der Waals surface area contributed by atoms with E-state index in [0.29, 0.717) is 47.0 Å². The van der Waals surface area contributed by atoms with Gasteiger partial charge >= 0.3 is 5.97 Å². The fourth-order valence-corrected chi connectivity index (χ4v) is 7.23. The number of carbonyl (C=O) groups excluding carboxylic acids is 2. The Hall–Kier alpha value is -3.01. The lowest BCUT2D eigenvalue weighted by Crippen LogP contribution is -2.54. The molecule has 9 nitrogen and oxygen atoms in total. The summed E-state index contributed by atoms with van der Waals surface area (Å²) in [5.74, 6) is -1.44. The van der Waals surface area contributed by atoms with Crippen molar-refractivity contribution >= 4 is 46.7 Å². The Labute approximate surface area is 262 Å². The molecular formula is C32H38Cl2N2O7. The second-order valence-corrected chi connectivity index (χ2v) is 13.4. The number of anilines is 1. The lowest BCUT2D eigenvalue weighted by molar-refractivity contribution is -0.149. The van der Waals surface area contributed by atoms with E-state index in [2.05, 4.69) is 20.8 Å². The summed E-state index contributed by atoms with van der Waals surface area (Å²) in [5.41, 5.74) is 2.60. The molecule has 3 aliphatic rings. The van der Waals surface area contributed by atoms with E-state index in [4.69, 9.17) is 37.4 Å². The van der Waals surface area contributed by atoms with Crippen molar-refractivity contribution in [2.45, 2.75) is 71.1 Å². The maximum Gasteiger partial charge on any atom is 0.308 e. The van der Waals surface area contributed by atoms with Gasteiger partial charge in [0.2, 0.25) is 5.91 Å². The number of carboxylic acid groups (broad SMARTS) is 1. The summed E-state index contributed by atoms with van der Waals surface area (Å²) < 4.78 is 17.7. The molecule has 1 saturated heterocycles. The third kappa shape index (κ3) is 5.91. The Morgan fingerprint density at radius 3 is 2.49 bits per heavy atom. The molecule has 43 heavy (non-hydrogen) atoms. The molecule has 1 N–H and O–H groups in total. The van der Waals surface area contributed by atoms with E-state index in [9.17, 15) is 19.5 Å². The molecule has 0 spiro atoms. The molecule has 2 aromatic carbocycles. The zero-order valence-corrected chi connectivity index (χ0v) is 26.6. The number of hydrogen-bond donors (Lipinski definition) is 1. The molecule has 2 amide bonds. The number of ether oxygens (including phenoxy) is 3. The molecule has 1 fully saturated rings. The van der Waals surface area contributed by atoms with Crippen molar-refractivity contribution in [2.24, 2.45) is 11.3 Å². The largest absolute Gasteiger partial charge is 0.493 e. The number of hydrogen-bond acceptors (Lipinski definition) is 6. The van der Waals surface area contributed by atoms with E-state index in [1.165, 1.54) is 19.1 Å². The fraction of sp³-hybridized carbons (Fsp3) is 0.531. The van der Waals surface area contributed by atoms with Gasteiger partial charge in [-0.25, -0.2) is 0 Å². The number of rotatable bonds is 6. The summed E-state index contributed by atoms with van der Waals surface area (Å²) in [4.78, 5) is 43.3. The Kier molecular flexibility index (Phi) is 8.89. The van der Waals surface area contributed by atoms with E-state index in [0.717, 1.165) is 24.1 Å². The standard InChI is InChI=1S/C32H38Cl2N2O7/c1-32(2,3)24-11-8-17-13-19(33)14-21-27(17)36(24)30(38)23(15-25(37)35-12-6-7-18(16-35)31(39)40)43-28(21)20-9-10-22(41-4)29(42-5)26(20)34/h9-10,13-14,18,23-24,28H,6-8,11-12,15-16H2,1-5H3,(H,39,40)/t18?,23-,24+,28-/m1/s1. The number of halogens is 2. The molecule has 3 heterocycles. The predicted molar refractivity (Wildman–Crippen MR) is 163 cm³/mol. The number of benzene rings is 2. The minimum atomic E-state index is -1.16. The Morgan fingerprint density at radius 2 is 1.84 bits per heavy atom. The molecule has 4 atom stereocenters. The zero-order valence-electron chi connectivity index (χ0n) is 25.1. The van der Waals surface area contributed by atoms with Gasteiger partial charge in [-0.15, -0.1) is 0 Å². The molecule has 0 aromatic heterocycles. The van der Waals surface area contributed by atoms with Crippen LogP contribution in [0.2, 0.25) is 10.0 Å². The summed E-state index contributed by atoms with van der Waals surface area (Å²) in [6.07, 6.45) is 0.269. The molecule has 0 bridgehead atoms. The number of likely N-dealkylation sites (tertiary alicyclic amines) is 1. The van der Waals surface area contributed by atoms with Crippen LogP contribution in [-0.4, -0.2) is 67.2 Å². The Balaban J connectivity index is 1.64. The quantitative estimate of drug-likeness (QED) is 0.422. The van der Waals surface area contributed by atoms with E-state index in [1.54, 1.807) is 18.2 Å². The molecule has 11 heteroatoms. The van der Waals surface area contributed by atoms with Crippen molar-refractivity contribution in [3.8, 4) is 11.5 Å². The summed E-state index contributed by atoms with van der Waals surface area (Å²) in [6.45, 7) is 6.83. The normalized spacial score (nSPS) is 23.8. The molecule has 5 rings (SSSR count). The van der Waals surface area contributed by atoms with Crippen molar-refractivity contribution in [1.29, 1.82) is 0 Å². The summed E-state index contributed by atoms with van der Waals surface area (Å²) in [5, 5.41) is 10.3. The van der Waals surface area contributed by atoms with Crippen LogP contribution in [0.15, 0.2) is 24.3 Å². The number of aryl methyl sites for hydroxylation is 1. The summed E-state index contributed by atoms with van der Waals surface area (Å²) in [6, 6.07) is 7.02. The van der Waals surface area contributed by atoms with Gasteiger partial charge < -0.3 is 29.1 Å². The Bertz CT molecular complexity index is 1440. The van der Waals surface area contributed by atoms with E-state index < -0.39 is 24.1 Å². The van der Waals surface area contributed by atoms with Gasteiger partial charge in [0.15, 0.2) is 11.5 Å². The fourth-order valence-electron chi connectivity index (χ4n) is 6.65. The number of methoxy groups -OCH3 is 2. The van der Waals surface area contributed by atoms with Crippen molar-refractivity contribution in [3.63, 3.8) is 0 Å². The number of amides is 2. The maximum atomic E-state index is 14.6. The molecule has 232 valence electrons. The third-order valence-electron chi connectivity index (χ3n) is 8.80. The van der Waals surface area contributed by atoms with Crippen molar-refractivity contribution < 1.29 is 33.7 Å². The molecule has 0 saturated carbocycles. The predicted octanol–water partition coefficient (Wildman–Crippen LogP) is 5.91. The highest BCUT2D eigenvalue weighted by molar-refractivity contribution is 6.33. The van der Waals surface area contributed by atoms with Crippen LogP contribution in [0.25, 0.3) is 0 Å². The van der Waals surface area contributed by atoms with Gasteiger partial charge in [0.1, 0.15) is 12.2 Å². The summed E-state index contributed by atoms with van der Waals surface area (Å²) >= 11 is 13.6. The minimum absolute atomic E-state index is 0.105. The van der Waals surface area contributed by atoms with Crippen molar-refractivity contribution in [3.05, 3.63) is 51.0 Å². The average molecular weight is 634 g/mol. The molecule has 0 radical (unpaired) electrons. The maximum absolute atomic E-state index is 14.6. The smallest absolute Gasteiger partial charge is 0.308 e. The van der Waals surface area contributed by atoms with Gasteiger partial charge in [-0.05, 0) is 54.9 Å². The van der Waals surface area contributed by atoms with Crippen LogP contribution < -0.4 is 14.4 Å². The van der Waals surface area contributed by atoms with Crippen LogP contribution in [0.4, 0.5) is 5.69 Å². The van der Waals surface area contributed by atoms with Crippen LogP contribution in [0.3, 0.4) is 0 Å². The van der Waals surface area contributed by atoms with Crippen LogP contribution in [0.5, 0.6) is 11.5 Å². The lowest BCUT2D eigenvalue weighted by Gasteiger charge is -2.45. The highest BCUT2D eigenvalue weighted by Gasteiger charge is 2.47. The van der Waals surface area contributed by atoms with Crippen LogP contribution >= 0.6 is 23.2 Å². The molecular weight excluding hydrogens is 595 g/mol. The van der Waals surface area contributed by atoms with Gasteiger partial charge in [0, 0.05) is 35.3 Å². The zero-order chi connectivity index (χ0) is 31.2. The van der Waals surface area contributed by atoms with Gasteiger partial charge in [-0.1, -0.05) is 50.0 Å². The third-order valence-corrected chi connectivity index (χ3v) is 9.41. The summed E-state index contributed by atoms with van der Waals surface area (Å²) in [7, 11) is 3.01. The SMILES string of the molecule is COc1ccc([C@H]2O[C@H](CC(=O)N3CCCC(C(=O)O)C3)C(=O)N3c4c(cc(Cl)cc42)CC[C@H]3C(C)(C)C)c(Cl)c1OC. The first-order valence-corrected chi connectivity index (χ1v) is 15.3. The van der Waals surface area contributed by atoms with E-state index >= 15 is 0 Å². The van der Waals surface area contributed by atoms with E-state index in [-0.39, 0.29) is 41.3 Å². The highest BCUT2D eigenvalue weighted by atomic mass is 35.5. The number of carboxylic acids is 1. The van der Waals surface area contributed by atoms with Crippen LogP contribution in [-0.2, 0) is 25.5 Å². The minimum Gasteiger partial charge on any atom is -0.493 e. The lowest BCUT2D eigenvalue weighted by atomic mass is 9.78. The van der Waals surface area contributed by atoms with Gasteiger partial charge in [-0.2, -0.15) is 0 Å². The number of carbonyl (C=O) groups is 3. The van der Waals surface area contributed by atoms with Crippen LogP contribution in [0, 0.1) is 11.3 Å². The number of nitrogens with zero attached hydrogens (tertiary/aromatic N) is 2. The molecule has 0 aliphatic carbocycles. The molecule has 1 unspecified atom stereocenters. The second-order valence-electron chi connectivity index (χ2n) is 12.6. The number of aliphatic carboxylic acids is 1. The molecule has 2 aromatic rings. The van der Waals surface area contributed by atoms with Gasteiger partial charge in [0.05, 0.1) is 37.3 Å². The average Bonchev–Trinajstić information content (AvgIpc) is 3.07. The first-order valence-electron chi connectivity index (χ1n) is 14.6. The van der Waals surface area contributed by atoms with Crippen molar-refractivity contribution in [2.75, 3.05) is 32.2 Å². The van der Waals surface area contributed by atoms with Crippen LogP contribution in [0.1, 0.15) is 69.2 Å². The molecule has 3 aliphatic heterocycles.